The van der Waals surface area contributed by atoms with Gasteiger partial charge in [0.15, 0.2) is 0 Å². The Hall–Kier alpha value is -0.780. The first-order chi connectivity index (χ1) is 4.31. The van der Waals surface area contributed by atoms with E-state index in [1.54, 1.807) is 6.08 Å². The molecule has 0 aromatic carbocycles. The summed E-state index contributed by atoms with van der Waals surface area (Å²) in [6.45, 7) is 9.39. The van der Waals surface area contributed by atoms with Crippen LogP contribution < -0.4 is 0 Å². The molecule has 0 aliphatic rings. The lowest BCUT2D eigenvalue weighted by Gasteiger charge is -1.96. The Kier molecular flexibility index (Phi) is 4.89. The van der Waals surface area contributed by atoms with Gasteiger partial charge in [0.1, 0.15) is 0 Å². The van der Waals surface area contributed by atoms with Crippen LogP contribution in [0.1, 0.15) is 13.3 Å². The number of allylic oxidation sites excluding steroid dienone is 4. The lowest BCUT2D eigenvalue weighted by Crippen LogP contribution is -1.82. The SMILES string of the molecule is C=CC=CCC(C)C=C. The Labute approximate surface area is 57.6 Å². The Morgan fingerprint density at radius 3 is 2.56 bits per heavy atom. The summed E-state index contributed by atoms with van der Waals surface area (Å²) >= 11 is 0. The van der Waals surface area contributed by atoms with Crippen LogP contribution in [0.4, 0.5) is 0 Å². The van der Waals surface area contributed by atoms with Gasteiger partial charge < -0.3 is 0 Å². The summed E-state index contributed by atoms with van der Waals surface area (Å²) in [5, 5.41) is 0. The molecule has 0 bridgehead atoms. The maximum atomic E-state index is 3.68. The summed E-state index contributed by atoms with van der Waals surface area (Å²) < 4.78 is 0. The first-order valence-electron chi connectivity index (χ1n) is 3.21. The molecule has 0 saturated carbocycles. The molecule has 0 aliphatic carbocycles. The van der Waals surface area contributed by atoms with Crippen molar-refractivity contribution in [1.82, 2.24) is 0 Å². The minimum absolute atomic E-state index is 0.584. The van der Waals surface area contributed by atoms with E-state index >= 15 is 0 Å². The zero-order valence-corrected chi connectivity index (χ0v) is 6.01. The summed E-state index contributed by atoms with van der Waals surface area (Å²) in [6, 6.07) is 0. The highest BCUT2D eigenvalue weighted by atomic mass is 13.9. The minimum Gasteiger partial charge on any atom is -0.103 e. The smallest absolute Gasteiger partial charge is 0.0230 e. The van der Waals surface area contributed by atoms with E-state index < -0.39 is 0 Å². The van der Waals surface area contributed by atoms with Gasteiger partial charge in [0.2, 0.25) is 0 Å². The molecular formula is C9H14. The normalized spacial score (nSPS) is 13.4. The van der Waals surface area contributed by atoms with Crippen LogP contribution in [0.3, 0.4) is 0 Å². The molecule has 50 valence electrons. The summed E-state index contributed by atoms with van der Waals surface area (Å²) in [5.41, 5.74) is 0. The van der Waals surface area contributed by atoms with Gasteiger partial charge in [-0.1, -0.05) is 37.8 Å². The molecule has 1 atom stereocenters. The third kappa shape index (κ3) is 5.09. The second-order valence-corrected chi connectivity index (χ2v) is 2.11. The van der Waals surface area contributed by atoms with Crippen LogP contribution in [0.2, 0.25) is 0 Å². The van der Waals surface area contributed by atoms with Crippen LogP contribution in [-0.2, 0) is 0 Å². The quantitative estimate of drug-likeness (QED) is 0.397. The topological polar surface area (TPSA) is 0 Å². The number of rotatable bonds is 4. The highest BCUT2D eigenvalue weighted by Crippen LogP contribution is 2.02. The van der Waals surface area contributed by atoms with E-state index in [-0.39, 0.29) is 0 Å². The fourth-order valence-electron chi connectivity index (χ4n) is 0.486. The van der Waals surface area contributed by atoms with E-state index in [9.17, 15) is 0 Å². The van der Waals surface area contributed by atoms with Crippen molar-refractivity contribution in [3.8, 4) is 0 Å². The molecule has 0 fully saturated rings. The van der Waals surface area contributed by atoms with Gasteiger partial charge >= 0.3 is 0 Å². The molecule has 0 aromatic heterocycles. The predicted octanol–water partition coefficient (Wildman–Crippen LogP) is 2.94. The molecule has 0 N–H and O–H groups in total. The second-order valence-electron chi connectivity index (χ2n) is 2.11. The zero-order valence-electron chi connectivity index (χ0n) is 6.01. The molecular weight excluding hydrogens is 108 g/mol. The van der Waals surface area contributed by atoms with Gasteiger partial charge in [-0.15, -0.1) is 6.58 Å². The van der Waals surface area contributed by atoms with Gasteiger partial charge in [-0.05, 0) is 12.3 Å². The molecule has 0 spiro atoms. The van der Waals surface area contributed by atoms with Crippen molar-refractivity contribution in [2.75, 3.05) is 0 Å². The van der Waals surface area contributed by atoms with Gasteiger partial charge in [-0.2, -0.15) is 0 Å². The molecule has 0 radical (unpaired) electrons. The second kappa shape index (κ2) is 5.36. The molecule has 1 unspecified atom stereocenters. The molecule has 0 amide bonds. The van der Waals surface area contributed by atoms with Crippen molar-refractivity contribution in [2.24, 2.45) is 5.92 Å². The first-order valence-corrected chi connectivity index (χ1v) is 3.21. The Balaban J connectivity index is 3.36. The molecule has 0 aromatic rings. The van der Waals surface area contributed by atoms with Crippen molar-refractivity contribution in [3.63, 3.8) is 0 Å². The van der Waals surface area contributed by atoms with E-state index in [4.69, 9.17) is 0 Å². The van der Waals surface area contributed by atoms with E-state index in [2.05, 4.69) is 26.2 Å². The van der Waals surface area contributed by atoms with Crippen LogP contribution in [-0.4, -0.2) is 0 Å². The molecule has 0 nitrogen and oxygen atoms in total. The van der Waals surface area contributed by atoms with E-state index in [1.807, 2.05) is 12.2 Å². The molecule has 0 aliphatic heterocycles. The van der Waals surface area contributed by atoms with Crippen molar-refractivity contribution in [3.05, 3.63) is 37.5 Å². The third-order valence-corrected chi connectivity index (χ3v) is 1.18. The highest BCUT2D eigenvalue weighted by molar-refractivity contribution is 4.98. The van der Waals surface area contributed by atoms with Crippen molar-refractivity contribution < 1.29 is 0 Å². The average Bonchev–Trinajstić information content (AvgIpc) is 1.89. The lowest BCUT2D eigenvalue weighted by atomic mass is 10.1. The minimum atomic E-state index is 0.584. The zero-order chi connectivity index (χ0) is 7.11. The van der Waals surface area contributed by atoms with E-state index in [0.717, 1.165) is 6.42 Å². The van der Waals surface area contributed by atoms with Crippen LogP contribution in [0, 0.1) is 5.92 Å². The standard InChI is InChI=1S/C9H14/c1-4-6-7-8-9(3)5-2/h4-7,9H,1-2,8H2,3H3. The fraction of sp³-hybridized carbons (Fsp3) is 0.333. The molecule has 0 saturated heterocycles. The van der Waals surface area contributed by atoms with E-state index in [0.29, 0.717) is 5.92 Å². The van der Waals surface area contributed by atoms with Crippen molar-refractivity contribution >= 4 is 0 Å². The number of hydrogen-bond acceptors (Lipinski definition) is 0. The predicted molar refractivity (Wildman–Crippen MR) is 43.3 cm³/mol. The average molecular weight is 122 g/mol. The van der Waals surface area contributed by atoms with Gasteiger partial charge in [0.25, 0.3) is 0 Å². The van der Waals surface area contributed by atoms with Crippen LogP contribution >= 0.6 is 0 Å². The third-order valence-electron chi connectivity index (χ3n) is 1.18. The van der Waals surface area contributed by atoms with Crippen LogP contribution in [0.5, 0.6) is 0 Å². The van der Waals surface area contributed by atoms with Gasteiger partial charge in [-0.3, -0.25) is 0 Å². The first kappa shape index (κ1) is 8.22. The molecule has 9 heavy (non-hydrogen) atoms. The summed E-state index contributed by atoms with van der Waals surface area (Å²) in [4.78, 5) is 0. The molecule has 0 heteroatoms. The summed E-state index contributed by atoms with van der Waals surface area (Å²) in [6.07, 6.45) is 8.86. The molecule has 0 rings (SSSR count). The Morgan fingerprint density at radius 2 is 2.11 bits per heavy atom. The summed E-state index contributed by atoms with van der Waals surface area (Å²) in [7, 11) is 0. The van der Waals surface area contributed by atoms with Crippen molar-refractivity contribution in [2.45, 2.75) is 13.3 Å². The largest absolute Gasteiger partial charge is 0.103 e. The van der Waals surface area contributed by atoms with Crippen LogP contribution in [0.25, 0.3) is 0 Å². The monoisotopic (exact) mass is 122 g/mol. The lowest BCUT2D eigenvalue weighted by molar-refractivity contribution is 0.746. The van der Waals surface area contributed by atoms with Gasteiger partial charge in [0, 0.05) is 0 Å². The maximum Gasteiger partial charge on any atom is -0.0230 e. The molecule has 0 heterocycles. The van der Waals surface area contributed by atoms with Crippen molar-refractivity contribution in [1.29, 1.82) is 0 Å². The highest BCUT2D eigenvalue weighted by Gasteiger charge is 1.87. The number of hydrogen-bond donors (Lipinski definition) is 0. The Morgan fingerprint density at radius 1 is 1.44 bits per heavy atom. The van der Waals surface area contributed by atoms with Gasteiger partial charge in [-0.25, -0.2) is 0 Å². The Bertz CT molecular complexity index is 109. The fourth-order valence-corrected chi connectivity index (χ4v) is 0.486. The van der Waals surface area contributed by atoms with Gasteiger partial charge in [0.05, 0.1) is 0 Å². The van der Waals surface area contributed by atoms with Crippen LogP contribution in [0.15, 0.2) is 37.5 Å². The maximum absolute atomic E-state index is 3.68. The summed E-state index contributed by atoms with van der Waals surface area (Å²) in [5.74, 6) is 0.584. The van der Waals surface area contributed by atoms with E-state index in [1.165, 1.54) is 0 Å².